The Morgan fingerprint density at radius 2 is 2.05 bits per heavy atom. The van der Waals surface area contributed by atoms with E-state index in [9.17, 15) is 9.59 Å². The van der Waals surface area contributed by atoms with E-state index >= 15 is 0 Å². The second kappa shape index (κ2) is 7.20. The van der Waals surface area contributed by atoms with Crippen LogP contribution >= 0.6 is 0 Å². The largest absolute Gasteiger partial charge is 0.481 e. The molecular formula is C14H17NO4. The van der Waals surface area contributed by atoms with Gasteiger partial charge in [-0.15, -0.1) is 0 Å². The zero-order valence-corrected chi connectivity index (χ0v) is 10.8. The first-order valence-electron chi connectivity index (χ1n) is 5.89. The lowest BCUT2D eigenvalue weighted by Crippen LogP contribution is -2.14. The van der Waals surface area contributed by atoms with Crippen molar-refractivity contribution in [3.8, 4) is 0 Å². The van der Waals surface area contributed by atoms with Gasteiger partial charge in [-0.25, -0.2) is 4.79 Å². The summed E-state index contributed by atoms with van der Waals surface area (Å²) in [7, 11) is 0. The van der Waals surface area contributed by atoms with Gasteiger partial charge in [0.05, 0.1) is 5.92 Å². The lowest BCUT2D eigenvalue weighted by molar-refractivity contribution is -0.141. The molecule has 0 spiro atoms. The van der Waals surface area contributed by atoms with Crippen LogP contribution in [-0.4, -0.2) is 23.8 Å². The van der Waals surface area contributed by atoms with E-state index in [2.05, 4.69) is 11.9 Å². The van der Waals surface area contributed by atoms with Crippen LogP contribution in [0.1, 0.15) is 12.5 Å². The standard InChI is InChI=1S/C14H17NO4/c1-3-8-19-14(18)15-12-6-4-11(5-7-12)9-10(2)13(16)17/h3-7,10H,1,8-9H2,2H3,(H,15,18)(H,16,17). The molecule has 19 heavy (non-hydrogen) atoms. The molecular weight excluding hydrogens is 246 g/mol. The van der Waals surface area contributed by atoms with Crippen LogP contribution in [0.2, 0.25) is 0 Å². The third-order valence-corrected chi connectivity index (χ3v) is 2.50. The zero-order chi connectivity index (χ0) is 14.3. The predicted molar refractivity (Wildman–Crippen MR) is 72.1 cm³/mol. The molecule has 0 aliphatic rings. The molecule has 102 valence electrons. The zero-order valence-electron chi connectivity index (χ0n) is 10.8. The molecule has 0 bridgehead atoms. The molecule has 5 nitrogen and oxygen atoms in total. The minimum Gasteiger partial charge on any atom is -0.481 e. The van der Waals surface area contributed by atoms with E-state index in [4.69, 9.17) is 9.84 Å². The minimum atomic E-state index is -0.824. The van der Waals surface area contributed by atoms with E-state index in [0.29, 0.717) is 12.1 Å². The van der Waals surface area contributed by atoms with Gasteiger partial charge in [0.25, 0.3) is 0 Å². The van der Waals surface area contributed by atoms with Crippen molar-refractivity contribution < 1.29 is 19.4 Å². The van der Waals surface area contributed by atoms with Crippen molar-refractivity contribution in [3.05, 3.63) is 42.5 Å². The van der Waals surface area contributed by atoms with Gasteiger partial charge in [0.2, 0.25) is 0 Å². The van der Waals surface area contributed by atoms with Crippen molar-refractivity contribution in [1.29, 1.82) is 0 Å². The van der Waals surface area contributed by atoms with Crippen molar-refractivity contribution in [2.75, 3.05) is 11.9 Å². The normalized spacial score (nSPS) is 11.4. The number of hydrogen-bond donors (Lipinski definition) is 2. The summed E-state index contributed by atoms with van der Waals surface area (Å²) >= 11 is 0. The summed E-state index contributed by atoms with van der Waals surface area (Å²) in [6.45, 7) is 5.25. The molecule has 2 N–H and O–H groups in total. The second-order valence-electron chi connectivity index (χ2n) is 4.15. The number of carbonyl (C=O) groups is 2. The van der Waals surface area contributed by atoms with Crippen molar-refractivity contribution in [1.82, 2.24) is 0 Å². The van der Waals surface area contributed by atoms with Gasteiger partial charge in [-0.1, -0.05) is 31.7 Å². The van der Waals surface area contributed by atoms with Crippen LogP contribution in [0.25, 0.3) is 0 Å². The molecule has 1 atom stereocenters. The van der Waals surface area contributed by atoms with Gasteiger partial charge in [-0.3, -0.25) is 10.1 Å². The molecule has 1 unspecified atom stereocenters. The van der Waals surface area contributed by atoms with E-state index in [0.717, 1.165) is 5.56 Å². The summed E-state index contributed by atoms with van der Waals surface area (Å²) in [5.74, 6) is -1.26. The first-order chi connectivity index (χ1) is 9.02. The third kappa shape index (κ3) is 5.25. The number of amides is 1. The van der Waals surface area contributed by atoms with E-state index in [1.807, 2.05) is 0 Å². The number of nitrogens with one attached hydrogen (secondary N) is 1. The number of hydrogen-bond acceptors (Lipinski definition) is 3. The maximum atomic E-state index is 11.3. The molecule has 0 heterocycles. The van der Waals surface area contributed by atoms with Gasteiger partial charge in [-0.2, -0.15) is 0 Å². The van der Waals surface area contributed by atoms with Crippen LogP contribution in [-0.2, 0) is 16.0 Å². The fourth-order valence-electron chi connectivity index (χ4n) is 1.45. The Labute approximate surface area is 111 Å². The van der Waals surface area contributed by atoms with E-state index in [-0.39, 0.29) is 6.61 Å². The molecule has 1 amide bonds. The minimum absolute atomic E-state index is 0.153. The highest BCUT2D eigenvalue weighted by Gasteiger charge is 2.11. The summed E-state index contributed by atoms with van der Waals surface area (Å²) in [6.07, 6.45) is 1.39. The topological polar surface area (TPSA) is 75.6 Å². The monoisotopic (exact) mass is 263 g/mol. The van der Waals surface area contributed by atoms with Gasteiger partial charge < -0.3 is 9.84 Å². The fourth-order valence-corrected chi connectivity index (χ4v) is 1.45. The molecule has 0 saturated carbocycles. The first-order valence-corrected chi connectivity index (χ1v) is 5.89. The highest BCUT2D eigenvalue weighted by atomic mass is 16.5. The van der Waals surface area contributed by atoms with Gasteiger partial charge in [-0.05, 0) is 24.1 Å². The van der Waals surface area contributed by atoms with Gasteiger partial charge >= 0.3 is 12.1 Å². The smallest absolute Gasteiger partial charge is 0.411 e. The Balaban J connectivity index is 2.54. The predicted octanol–water partition coefficient (Wildman–Crippen LogP) is 2.68. The Morgan fingerprint density at radius 1 is 1.42 bits per heavy atom. The van der Waals surface area contributed by atoms with Crippen LogP contribution in [0.4, 0.5) is 10.5 Å². The molecule has 1 rings (SSSR count). The molecule has 1 aromatic rings. The number of benzene rings is 1. The molecule has 0 aromatic heterocycles. The number of rotatable bonds is 6. The molecule has 0 aliphatic carbocycles. The Bertz CT molecular complexity index is 453. The summed E-state index contributed by atoms with van der Waals surface area (Å²) in [6, 6.07) is 6.98. The fraction of sp³-hybridized carbons (Fsp3) is 0.286. The maximum Gasteiger partial charge on any atom is 0.411 e. The Morgan fingerprint density at radius 3 is 2.58 bits per heavy atom. The number of anilines is 1. The summed E-state index contributed by atoms with van der Waals surface area (Å²) in [4.78, 5) is 22.0. The van der Waals surface area contributed by atoms with Crippen molar-refractivity contribution >= 4 is 17.7 Å². The van der Waals surface area contributed by atoms with Gasteiger partial charge in [0.15, 0.2) is 0 Å². The number of carboxylic acid groups (broad SMARTS) is 1. The van der Waals surface area contributed by atoms with Crippen LogP contribution in [0.15, 0.2) is 36.9 Å². The average Bonchev–Trinajstić information content (AvgIpc) is 2.38. The lowest BCUT2D eigenvalue weighted by atomic mass is 10.0. The quantitative estimate of drug-likeness (QED) is 0.774. The average molecular weight is 263 g/mol. The summed E-state index contributed by atoms with van der Waals surface area (Å²) in [5.41, 5.74) is 1.50. The summed E-state index contributed by atoms with van der Waals surface area (Å²) < 4.78 is 4.78. The van der Waals surface area contributed by atoms with E-state index in [1.165, 1.54) is 6.08 Å². The second-order valence-corrected chi connectivity index (χ2v) is 4.15. The number of ether oxygens (including phenoxy) is 1. The maximum absolute atomic E-state index is 11.3. The van der Waals surface area contributed by atoms with Crippen LogP contribution in [0.5, 0.6) is 0 Å². The van der Waals surface area contributed by atoms with Crippen LogP contribution in [0, 0.1) is 5.92 Å². The molecule has 1 aromatic carbocycles. The van der Waals surface area contributed by atoms with Crippen molar-refractivity contribution in [2.24, 2.45) is 5.92 Å². The van der Waals surface area contributed by atoms with Gasteiger partial charge in [0, 0.05) is 5.69 Å². The highest BCUT2D eigenvalue weighted by molar-refractivity contribution is 5.84. The number of carboxylic acids is 1. The third-order valence-electron chi connectivity index (χ3n) is 2.50. The van der Waals surface area contributed by atoms with Gasteiger partial charge in [0.1, 0.15) is 6.61 Å². The highest BCUT2D eigenvalue weighted by Crippen LogP contribution is 2.13. The van der Waals surface area contributed by atoms with Crippen molar-refractivity contribution in [3.63, 3.8) is 0 Å². The first kappa shape index (κ1) is 14.8. The number of carbonyl (C=O) groups excluding carboxylic acids is 1. The van der Waals surface area contributed by atoms with E-state index in [1.54, 1.807) is 31.2 Å². The number of aliphatic carboxylic acids is 1. The Kier molecular flexibility index (Phi) is 5.60. The molecule has 0 fully saturated rings. The van der Waals surface area contributed by atoms with Crippen LogP contribution < -0.4 is 5.32 Å². The molecule has 0 saturated heterocycles. The van der Waals surface area contributed by atoms with Crippen molar-refractivity contribution in [2.45, 2.75) is 13.3 Å². The molecule has 5 heteroatoms. The molecule has 0 aliphatic heterocycles. The van der Waals surface area contributed by atoms with E-state index < -0.39 is 18.0 Å². The molecule has 0 radical (unpaired) electrons. The lowest BCUT2D eigenvalue weighted by Gasteiger charge is -2.08. The summed E-state index contributed by atoms with van der Waals surface area (Å²) in [5, 5.41) is 11.4. The Hall–Kier alpha value is -2.30. The van der Waals surface area contributed by atoms with Crippen LogP contribution in [0.3, 0.4) is 0 Å². The SMILES string of the molecule is C=CCOC(=O)Nc1ccc(CC(C)C(=O)O)cc1.